The van der Waals surface area contributed by atoms with E-state index < -0.39 is 15.6 Å². The summed E-state index contributed by atoms with van der Waals surface area (Å²) in [5, 5.41) is 1.49. The second-order valence-electron chi connectivity index (χ2n) is 5.54. The van der Waals surface area contributed by atoms with Crippen LogP contribution in [0.4, 0.5) is 0 Å². The second kappa shape index (κ2) is 5.71. The van der Waals surface area contributed by atoms with Crippen LogP contribution >= 0.6 is 0 Å². The monoisotopic (exact) mass is 307 g/mol. The molecule has 0 spiro atoms. The van der Waals surface area contributed by atoms with Crippen LogP contribution in [0.1, 0.15) is 20.8 Å². The van der Waals surface area contributed by atoms with Gasteiger partial charge in [0.15, 0.2) is 0 Å². The third kappa shape index (κ3) is 2.79. The molecular formula is C15H21N3O2S. The summed E-state index contributed by atoms with van der Waals surface area (Å²) in [5.41, 5.74) is 5.12. The summed E-state index contributed by atoms with van der Waals surface area (Å²) in [6.45, 7) is 6.11. The number of sulfonamides is 1. The third-order valence-electron chi connectivity index (χ3n) is 3.67. The summed E-state index contributed by atoms with van der Waals surface area (Å²) < 4.78 is 27.5. The maximum Gasteiger partial charge on any atom is 0.244 e. The summed E-state index contributed by atoms with van der Waals surface area (Å²) in [6.07, 6.45) is 3.27. The predicted octanol–water partition coefficient (Wildman–Crippen LogP) is 1.98. The van der Waals surface area contributed by atoms with E-state index in [2.05, 4.69) is 4.98 Å². The van der Waals surface area contributed by atoms with Crippen molar-refractivity contribution in [2.24, 2.45) is 5.73 Å². The normalized spacial score (nSPS) is 13.0. The van der Waals surface area contributed by atoms with Crippen LogP contribution in [-0.4, -0.2) is 36.3 Å². The van der Waals surface area contributed by atoms with E-state index in [4.69, 9.17) is 5.73 Å². The molecule has 0 aliphatic rings. The molecule has 114 valence electrons. The summed E-state index contributed by atoms with van der Waals surface area (Å²) in [5.74, 6) is 0. The minimum Gasteiger partial charge on any atom is -0.329 e. The lowest BCUT2D eigenvalue weighted by Crippen LogP contribution is -2.52. The van der Waals surface area contributed by atoms with Gasteiger partial charge in [-0.15, -0.1) is 0 Å². The lowest BCUT2D eigenvalue weighted by atomic mass is 10.1. The maximum absolute atomic E-state index is 13.0. The van der Waals surface area contributed by atoms with Crippen molar-refractivity contribution < 1.29 is 8.42 Å². The Bertz CT molecular complexity index is 736. The van der Waals surface area contributed by atoms with Crippen molar-refractivity contribution in [2.75, 3.05) is 13.1 Å². The number of likely N-dealkylation sites (N-methyl/N-ethyl adjacent to an activating group) is 1. The first kappa shape index (κ1) is 15.9. The van der Waals surface area contributed by atoms with Crippen molar-refractivity contribution in [3.63, 3.8) is 0 Å². The van der Waals surface area contributed by atoms with E-state index in [1.807, 2.05) is 26.8 Å². The van der Waals surface area contributed by atoms with Gasteiger partial charge in [-0.3, -0.25) is 4.98 Å². The van der Waals surface area contributed by atoms with Gasteiger partial charge in [0.1, 0.15) is 0 Å². The van der Waals surface area contributed by atoms with Crippen LogP contribution in [-0.2, 0) is 10.0 Å². The van der Waals surface area contributed by atoms with Gasteiger partial charge in [0.2, 0.25) is 10.0 Å². The molecule has 0 radical (unpaired) electrons. The molecular weight excluding hydrogens is 286 g/mol. The van der Waals surface area contributed by atoms with Crippen molar-refractivity contribution in [1.82, 2.24) is 9.29 Å². The summed E-state index contributed by atoms with van der Waals surface area (Å²) in [7, 11) is -3.62. The molecule has 0 aliphatic carbocycles. The average Bonchev–Trinajstić information content (AvgIpc) is 2.46. The molecule has 0 amide bonds. The molecule has 1 aromatic heterocycles. The number of hydrogen-bond acceptors (Lipinski definition) is 4. The highest BCUT2D eigenvalue weighted by atomic mass is 32.2. The summed E-state index contributed by atoms with van der Waals surface area (Å²) >= 11 is 0. The van der Waals surface area contributed by atoms with Gasteiger partial charge in [0.25, 0.3) is 0 Å². The highest BCUT2D eigenvalue weighted by molar-refractivity contribution is 7.89. The van der Waals surface area contributed by atoms with Crippen LogP contribution in [0.2, 0.25) is 0 Å². The van der Waals surface area contributed by atoms with E-state index in [0.29, 0.717) is 16.8 Å². The first-order valence-corrected chi connectivity index (χ1v) is 8.34. The number of nitrogens with two attached hydrogens (primary N) is 1. The van der Waals surface area contributed by atoms with Crippen LogP contribution in [0.5, 0.6) is 0 Å². The van der Waals surface area contributed by atoms with E-state index in [-0.39, 0.29) is 6.54 Å². The molecule has 0 bridgehead atoms. The third-order valence-corrected chi connectivity index (χ3v) is 5.92. The predicted molar refractivity (Wildman–Crippen MR) is 84.4 cm³/mol. The number of fused-ring (bicyclic) bond motifs is 1. The molecule has 21 heavy (non-hydrogen) atoms. The SMILES string of the molecule is CCN(C(C)(C)CN)S(=O)(=O)c1cccc2cnccc12. The van der Waals surface area contributed by atoms with E-state index in [1.165, 1.54) is 4.31 Å². The van der Waals surface area contributed by atoms with Crippen LogP contribution in [0.25, 0.3) is 10.8 Å². The minimum absolute atomic E-state index is 0.256. The Labute approximate surface area is 125 Å². The first-order chi connectivity index (χ1) is 9.84. The highest BCUT2D eigenvalue weighted by Gasteiger charge is 2.35. The molecule has 0 unspecified atom stereocenters. The second-order valence-corrected chi connectivity index (χ2v) is 7.37. The van der Waals surface area contributed by atoms with E-state index in [1.54, 1.807) is 30.6 Å². The van der Waals surface area contributed by atoms with Gasteiger partial charge in [0, 0.05) is 41.8 Å². The number of aromatic nitrogens is 1. The van der Waals surface area contributed by atoms with Gasteiger partial charge in [-0.2, -0.15) is 4.31 Å². The number of rotatable bonds is 5. The van der Waals surface area contributed by atoms with Crippen molar-refractivity contribution >= 4 is 20.8 Å². The van der Waals surface area contributed by atoms with Crippen molar-refractivity contribution in [1.29, 1.82) is 0 Å². The van der Waals surface area contributed by atoms with Crippen molar-refractivity contribution in [3.05, 3.63) is 36.7 Å². The fraction of sp³-hybridized carbons (Fsp3) is 0.400. The van der Waals surface area contributed by atoms with Crippen molar-refractivity contribution in [2.45, 2.75) is 31.2 Å². The van der Waals surface area contributed by atoms with E-state index >= 15 is 0 Å². The standard InChI is InChI=1S/C15H21N3O2S/c1-4-18(15(2,3)11-16)21(19,20)14-7-5-6-12-10-17-9-8-13(12)14/h5-10H,4,11,16H2,1-3H3. The number of pyridine rings is 1. The Hall–Kier alpha value is -1.50. The Balaban J connectivity index is 2.67. The van der Waals surface area contributed by atoms with Gasteiger partial charge in [-0.1, -0.05) is 19.1 Å². The Morgan fingerprint density at radius 2 is 2.00 bits per heavy atom. The Morgan fingerprint density at radius 1 is 1.29 bits per heavy atom. The van der Waals surface area contributed by atoms with E-state index in [0.717, 1.165) is 5.39 Å². The van der Waals surface area contributed by atoms with E-state index in [9.17, 15) is 8.42 Å². The molecule has 1 aromatic carbocycles. The van der Waals surface area contributed by atoms with Crippen molar-refractivity contribution in [3.8, 4) is 0 Å². The van der Waals surface area contributed by atoms with Gasteiger partial charge in [-0.25, -0.2) is 8.42 Å². The van der Waals surface area contributed by atoms with Gasteiger partial charge in [0.05, 0.1) is 4.90 Å². The van der Waals surface area contributed by atoms with Crippen LogP contribution < -0.4 is 5.73 Å². The highest BCUT2D eigenvalue weighted by Crippen LogP contribution is 2.28. The van der Waals surface area contributed by atoms with Crippen LogP contribution in [0.3, 0.4) is 0 Å². The molecule has 0 aliphatic heterocycles. The van der Waals surface area contributed by atoms with Crippen LogP contribution in [0, 0.1) is 0 Å². The molecule has 2 N–H and O–H groups in total. The Kier molecular flexibility index (Phi) is 4.32. The van der Waals surface area contributed by atoms with Crippen LogP contribution in [0.15, 0.2) is 41.6 Å². The molecule has 0 saturated carbocycles. The summed E-state index contributed by atoms with van der Waals surface area (Å²) in [4.78, 5) is 4.33. The molecule has 5 nitrogen and oxygen atoms in total. The van der Waals surface area contributed by atoms with Gasteiger partial charge >= 0.3 is 0 Å². The maximum atomic E-state index is 13.0. The van der Waals surface area contributed by atoms with Gasteiger partial charge < -0.3 is 5.73 Å². The zero-order chi connectivity index (χ0) is 15.7. The number of hydrogen-bond donors (Lipinski definition) is 1. The zero-order valence-corrected chi connectivity index (χ0v) is 13.4. The molecule has 6 heteroatoms. The lowest BCUT2D eigenvalue weighted by Gasteiger charge is -2.36. The molecule has 2 rings (SSSR count). The molecule has 2 aromatic rings. The number of nitrogens with zero attached hydrogens (tertiary/aromatic N) is 2. The summed E-state index contributed by atoms with van der Waals surface area (Å²) in [6, 6.07) is 6.95. The lowest BCUT2D eigenvalue weighted by molar-refractivity contribution is 0.244. The quantitative estimate of drug-likeness (QED) is 0.916. The average molecular weight is 307 g/mol. The smallest absolute Gasteiger partial charge is 0.244 e. The fourth-order valence-corrected chi connectivity index (χ4v) is 4.48. The number of benzene rings is 1. The molecule has 0 atom stereocenters. The Morgan fingerprint density at radius 3 is 2.62 bits per heavy atom. The molecule has 0 saturated heterocycles. The fourth-order valence-electron chi connectivity index (χ4n) is 2.46. The largest absolute Gasteiger partial charge is 0.329 e. The first-order valence-electron chi connectivity index (χ1n) is 6.90. The van der Waals surface area contributed by atoms with Gasteiger partial charge in [-0.05, 0) is 26.0 Å². The topological polar surface area (TPSA) is 76.3 Å². The molecule has 0 fully saturated rings. The molecule has 1 heterocycles. The minimum atomic E-state index is -3.62. The zero-order valence-electron chi connectivity index (χ0n) is 12.6.